The summed E-state index contributed by atoms with van der Waals surface area (Å²) in [6.45, 7) is 2.95. The summed E-state index contributed by atoms with van der Waals surface area (Å²) in [7, 11) is 1.87. The second-order valence-corrected chi connectivity index (χ2v) is 7.99. The Morgan fingerprint density at radius 3 is 2.27 bits per heavy atom. The predicted molar refractivity (Wildman–Crippen MR) is 124 cm³/mol. The normalized spacial score (nSPS) is 11.8. The predicted octanol–water partition coefficient (Wildman–Crippen LogP) is 5.45. The Kier molecular flexibility index (Phi) is 8.20. The van der Waals surface area contributed by atoms with Crippen molar-refractivity contribution in [3.8, 4) is 0 Å². The first-order valence-corrected chi connectivity index (χ1v) is 10.9. The van der Waals surface area contributed by atoms with E-state index in [1.165, 1.54) is 16.7 Å². The van der Waals surface area contributed by atoms with Crippen LogP contribution in [0, 0.1) is 0 Å². The summed E-state index contributed by atoms with van der Waals surface area (Å²) >= 11 is 0. The van der Waals surface area contributed by atoms with Gasteiger partial charge >= 0.3 is 0 Å². The van der Waals surface area contributed by atoms with E-state index in [4.69, 9.17) is 0 Å². The van der Waals surface area contributed by atoms with Crippen molar-refractivity contribution in [2.75, 3.05) is 13.6 Å². The van der Waals surface area contributed by atoms with Crippen LogP contribution in [0.25, 0.3) is 0 Å². The van der Waals surface area contributed by atoms with Crippen molar-refractivity contribution in [2.24, 2.45) is 0 Å². The van der Waals surface area contributed by atoms with E-state index in [2.05, 4.69) is 60.4 Å². The van der Waals surface area contributed by atoms with E-state index in [9.17, 15) is 4.79 Å². The molecule has 3 rings (SSSR count). The highest BCUT2D eigenvalue weighted by molar-refractivity contribution is 5.78. The van der Waals surface area contributed by atoms with E-state index in [1.54, 1.807) is 4.90 Å². The highest BCUT2D eigenvalue weighted by Gasteiger charge is 2.13. The molecule has 0 spiro atoms. The zero-order chi connectivity index (χ0) is 21.2. The summed E-state index contributed by atoms with van der Waals surface area (Å²) in [6.07, 6.45) is 6.47. The summed E-state index contributed by atoms with van der Waals surface area (Å²) in [5.41, 5.74) is 4.70. The Balaban J connectivity index is 1.53. The molecule has 1 heterocycles. The molecule has 1 atom stereocenters. The molecule has 3 heteroatoms. The van der Waals surface area contributed by atoms with Crippen LogP contribution in [-0.4, -0.2) is 29.4 Å². The van der Waals surface area contributed by atoms with Crippen molar-refractivity contribution < 1.29 is 4.79 Å². The van der Waals surface area contributed by atoms with Gasteiger partial charge in [-0.2, -0.15) is 0 Å². The highest BCUT2D eigenvalue weighted by Crippen LogP contribution is 2.25. The van der Waals surface area contributed by atoms with E-state index in [0.29, 0.717) is 12.3 Å². The number of aromatic nitrogens is 1. The van der Waals surface area contributed by atoms with Crippen LogP contribution in [0.2, 0.25) is 0 Å². The lowest BCUT2D eigenvalue weighted by molar-refractivity contribution is -0.129. The second-order valence-electron chi connectivity index (χ2n) is 7.99. The molecule has 3 aromatic rings. The number of carbonyl (C=O) groups is 1. The number of carbonyl (C=O) groups excluding carboxylic acids is 1. The van der Waals surface area contributed by atoms with Gasteiger partial charge in [-0.1, -0.05) is 80.1 Å². The number of likely N-dealkylation sites (N-methyl/N-ethyl adjacent to an activating group) is 1. The van der Waals surface area contributed by atoms with Crippen LogP contribution in [0.1, 0.15) is 48.1 Å². The number of rotatable bonds is 10. The van der Waals surface area contributed by atoms with Gasteiger partial charge in [0.2, 0.25) is 5.91 Å². The fourth-order valence-electron chi connectivity index (χ4n) is 3.78. The maximum atomic E-state index is 12.6. The van der Waals surface area contributed by atoms with Gasteiger partial charge in [0.15, 0.2) is 0 Å². The van der Waals surface area contributed by atoms with Crippen LogP contribution in [0.3, 0.4) is 0 Å². The van der Waals surface area contributed by atoms with Crippen molar-refractivity contribution in [1.82, 2.24) is 9.88 Å². The zero-order valence-electron chi connectivity index (χ0n) is 18.1. The third-order valence-corrected chi connectivity index (χ3v) is 5.61. The lowest BCUT2D eigenvalue weighted by Crippen LogP contribution is -2.30. The van der Waals surface area contributed by atoms with Gasteiger partial charge in [-0.15, -0.1) is 0 Å². The van der Waals surface area contributed by atoms with Crippen LogP contribution in [0.4, 0.5) is 0 Å². The maximum absolute atomic E-state index is 12.6. The van der Waals surface area contributed by atoms with Gasteiger partial charge in [0.1, 0.15) is 0 Å². The fourth-order valence-corrected chi connectivity index (χ4v) is 3.78. The number of pyridine rings is 1. The minimum atomic E-state index is 0.110. The van der Waals surface area contributed by atoms with Crippen LogP contribution >= 0.6 is 0 Å². The average molecular weight is 401 g/mol. The summed E-state index contributed by atoms with van der Waals surface area (Å²) in [4.78, 5) is 18.9. The van der Waals surface area contributed by atoms with Crippen molar-refractivity contribution in [2.45, 2.75) is 44.9 Å². The van der Waals surface area contributed by atoms with Crippen LogP contribution in [-0.2, 0) is 24.1 Å². The topological polar surface area (TPSA) is 33.2 Å². The van der Waals surface area contributed by atoms with E-state index >= 15 is 0 Å². The van der Waals surface area contributed by atoms with Crippen molar-refractivity contribution >= 4 is 5.91 Å². The molecular weight excluding hydrogens is 368 g/mol. The van der Waals surface area contributed by atoms with Gasteiger partial charge in [0, 0.05) is 25.5 Å². The molecule has 0 radical (unpaired) electrons. The van der Waals surface area contributed by atoms with Gasteiger partial charge in [-0.3, -0.25) is 9.78 Å². The molecule has 3 nitrogen and oxygen atoms in total. The van der Waals surface area contributed by atoms with Crippen molar-refractivity contribution in [3.63, 3.8) is 0 Å². The Morgan fingerprint density at radius 1 is 0.933 bits per heavy atom. The summed E-state index contributed by atoms with van der Waals surface area (Å²) in [5.74, 6) is 0.619. The van der Waals surface area contributed by atoms with E-state index in [-0.39, 0.29) is 5.91 Å². The third kappa shape index (κ3) is 6.55. The molecule has 2 aromatic carbocycles. The second kappa shape index (κ2) is 11.3. The Hall–Kier alpha value is -2.94. The van der Waals surface area contributed by atoms with Crippen molar-refractivity contribution in [3.05, 3.63) is 101 Å². The molecule has 0 N–H and O–H groups in total. The number of hydrogen-bond acceptors (Lipinski definition) is 2. The molecule has 1 unspecified atom stereocenters. The first-order valence-electron chi connectivity index (χ1n) is 10.9. The first-order chi connectivity index (χ1) is 14.7. The van der Waals surface area contributed by atoms with Crippen LogP contribution in [0.15, 0.2) is 79.0 Å². The van der Waals surface area contributed by atoms with Crippen molar-refractivity contribution in [1.29, 1.82) is 0 Å². The molecule has 0 saturated heterocycles. The first kappa shape index (κ1) is 21.8. The monoisotopic (exact) mass is 400 g/mol. The summed E-state index contributed by atoms with van der Waals surface area (Å²) in [6, 6.07) is 25.1. The fraction of sp³-hybridized carbons (Fsp3) is 0.333. The molecule has 1 amide bonds. The van der Waals surface area contributed by atoms with E-state index in [0.717, 1.165) is 37.9 Å². The number of benzene rings is 2. The van der Waals surface area contributed by atoms with Gasteiger partial charge < -0.3 is 4.90 Å². The van der Waals surface area contributed by atoms with Gasteiger partial charge in [0.25, 0.3) is 0 Å². The molecule has 1 aromatic heterocycles. The van der Waals surface area contributed by atoms with Crippen LogP contribution < -0.4 is 0 Å². The molecule has 30 heavy (non-hydrogen) atoms. The summed E-state index contributed by atoms with van der Waals surface area (Å²) in [5, 5.41) is 0. The lowest BCUT2D eigenvalue weighted by atomic mass is 9.89. The minimum Gasteiger partial charge on any atom is -0.345 e. The van der Waals surface area contributed by atoms with E-state index < -0.39 is 0 Å². The number of amides is 1. The SMILES string of the molecule is CCCC(Cc1ccc(CC(=O)N(C)CCc2ccccc2)nc1)c1ccccc1. The molecule has 156 valence electrons. The number of nitrogens with zero attached hydrogens (tertiary/aromatic N) is 2. The van der Waals surface area contributed by atoms with Gasteiger partial charge in [-0.25, -0.2) is 0 Å². The lowest BCUT2D eigenvalue weighted by Gasteiger charge is -2.18. The van der Waals surface area contributed by atoms with E-state index in [1.807, 2.05) is 37.5 Å². The van der Waals surface area contributed by atoms with Gasteiger partial charge in [-0.05, 0) is 47.9 Å². The molecule has 0 aliphatic rings. The highest BCUT2D eigenvalue weighted by atomic mass is 16.2. The quantitative estimate of drug-likeness (QED) is 0.453. The third-order valence-electron chi connectivity index (χ3n) is 5.61. The Bertz CT molecular complexity index is 891. The molecule has 0 fully saturated rings. The smallest absolute Gasteiger partial charge is 0.228 e. The maximum Gasteiger partial charge on any atom is 0.228 e. The Labute approximate surface area is 180 Å². The van der Waals surface area contributed by atoms with Gasteiger partial charge in [0.05, 0.1) is 6.42 Å². The minimum absolute atomic E-state index is 0.110. The molecule has 0 aliphatic heterocycles. The Morgan fingerprint density at radius 2 is 1.63 bits per heavy atom. The molecule has 0 aliphatic carbocycles. The molecule has 0 bridgehead atoms. The zero-order valence-corrected chi connectivity index (χ0v) is 18.1. The summed E-state index contributed by atoms with van der Waals surface area (Å²) < 4.78 is 0. The largest absolute Gasteiger partial charge is 0.345 e. The molecular formula is C27H32N2O. The standard InChI is InChI=1S/C27H32N2O/c1-3-10-25(24-13-8-5-9-14-24)19-23-15-16-26(28-21-23)20-27(30)29(2)18-17-22-11-6-4-7-12-22/h4-9,11-16,21,25H,3,10,17-20H2,1-2H3. The van der Waals surface area contributed by atoms with Crippen LogP contribution in [0.5, 0.6) is 0 Å². The average Bonchev–Trinajstić information content (AvgIpc) is 2.79. The number of hydrogen-bond donors (Lipinski definition) is 0. The molecule has 0 saturated carbocycles.